The number of rotatable bonds is 4. The van der Waals surface area contributed by atoms with Crippen molar-refractivity contribution in [2.45, 2.75) is 27.9 Å². The molecule has 0 radical (unpaired) electrons. The second kappa shape index (κ2) is 4.71. The minimum atomic E-state index is -3.94. The van der Waals surface area contributed by atoms with Gasteiger partial charge >= 0.3 is 5.97 Å². The SMILES string of the molecule is CS(=O)(=O)c1ccc(C(=O)O)c(Cl)c1S(=O)(=O)C1CC1. The first-order valence-electron chi connectivity index (χ1n) is 5.56. The van der Waals surface area contributed by atoms with E-state index in [-0.39, 0.29) is 0 Å². The summed E-state index contributed by atoms with van der Waals surface area (Å²) in [5, 5.41) is 7.74. The first-order chi connectivity index (χ1) is 9.06. The number of carboxylic acids is 1. The first kappa shape index (κ1) is 15.3. The van der Waals surface area contributed by atoms with Crippen LogP contribution in [0.5, 0.6) is 0 Å². The summed E-state index contributed by atoms with van der Waals surface area (Å²) in [7, 11) is -7.78. The molecule has 110 valence electrons. The van der Waals surface area contributed by atoms with Crippen LogP contribution in [0.25, 0.3) is 0 Å². The maximum atomic E-state index is 12.3. The predicted octanol–water partition coefficient (Wildman–Crippen LogP) is 1.38. The number of carbonyl (C=O) groups is 1. The fourth-order valence-corrected chi connectivity index (χ4v) is 5.78. The van der Waals surface area contributed by atoms with Crippen molar-refractivity contribution in [3.05, 3.63) is 22.7 Å². The third kappa shape index (κ3) is 2.55. The van der Waals surface area contributed by atoms with E-state index in [1.54, 1.807) is 0 Å². The van der Waals surface area contributed by atoms with E-state index in [1.165, 1.54) is 0 Å². The van der Waals surface area contributed by atoms with E-state index in [2.05, 4.69) is 0 Å². The van der Waals surface area contributed by atoms with Crippen LogP contribution in [0.2, 0.25) is 5.02 Å². The lowest BCUT2D eigenvalue weighted by Crippen LogP contribution is -2.15. The van der Waals surface area contributed by atoms with Gasteiger partial charge in [0.1, 0.15) is 4.90 Å². The molecular weight excluding hydrogens is 328 g/mol. The predicted molar refractivity (Wildman–Crippen MR) is 71.7 cm³/mol. The van der Waals surface area contributed by atoms with Gasteiger partial charge in [-0.05, 0) is 25.0 Å². The maximum Gasteiger partial charge on any atom is 0.337 e. The van der Waals surface area contributed by atoms with Crippen molar-refractivity contribution < 1.29 is 26.7 Å². The second-order valence-electron chi connectivity index (χ2n) is 4.58. The molecule has 0 heterocycles. The Kier molecular flexibility index (Phi) is 3.60. The molecule has 1 N–H and O–H groups in total. The number of benzene rings is 1. The van der Waals surface area contributed by atoms with Gasteiger partial charge in [-0.1, -0.05) is 11.6 Å². The standard InChI is InChI=1S/C11H11ClO6S2/c1-19(15,16)8-5-4-7(11(13)14)9(12)10(8)20(17,18)6-2-3-6/h4-6H,2-3H2,1H3,(H,13,14). The van der Waals surface area contributed by atoms with Crippen LogP contribution in [-0.2, 0) is 19.7 Å². The van der Waals surface area contributed by atoms with Crippen molar-refractivity contribution >= 4 is 37.2 Å². The molecule has 9 heteroatoms. The van der Waals surface area contributed by atoms with Gasteiger partial charge in [0.15, 0.2) is 19.7 Å². The van der Waals surface area contributed by atoms with E-state index in [0.29, 0.717) is 12.8 Å². The molecule has 0 unspecified atom stereocenters. The summed E-state index contributed by atoms with van der Waals surface area (Å²) < 4.78 is 48.0. The van der Waals surface area contributed by atoms with E-state index in [0.717, 1.165) is 18.4 Å². The third-order valence-corrected chi connectivity index (χ3v) is 7.05. The summed E-state index contributed by atoms with van der Waals surface area (Å²) in [6, 6.07) is 1.97. The molecule has 6 nitrogen and oxygen atoms in total. The molecular formula is C11H11ClO6S2. The highest BCUT2D eigenvalue weighted by Gasteiger charge is 2.41. The lowest BCUT2D eigenvalue weighted by atomic mass is 10.2. The van der Waals surface area contributed by atoms with Crippen LogP contribution < -0.4 is 0 Å². The first-order valence-corrected chi connectivity index (χ1v) is 9.38. The Hall–Kier alpha value is -1.12. The van der Waals surface area contributed by atoms with Gasteiger partial charge in [0, 0.05) is 6.26 Å². The number of hydrogen-bond acceptors (Lipinski definition) is 5. The Morgan fingerprint density at radius 3 is 2.20 bits per heavy atom. The fraction of sp³-hybridized carbons (Fsp3) is 0.364. The minimum Gasteiger partial charge on any atom is -0.478 e. The van der Waals surface area contributed by atoms with Gasteiger partial charge in [0.05, 0.1) is 20.7 Å². The van der Waals surface area contributed by atoms with Gasteiger partial charge in [-0.15, -0.1) is 0 Å². The number of halogens is 1. The zero-order chi connectivity index (χ0) is 15.3. The van der Waals surface area contributed by atoms with Crippen molar-refractivity contribution in [3.63, 3.8) is 0 Å². The van der Waals surface area contributed by atoms with Crippen molar-refractivity contribution in [1.29, 1.82) is 0 Å². The topological polar surface area (TPSA) is 106 Å². The smallest absolute Gasteiger partial charge is 0.337 e. The lowest BCUT2D eigenvalue weighted by Gasteiger charge is -2.12. The van der Waals surface area contributed by atoms with Crippen LogP contribution in [0.3, 0.4) is 0 Å². The number of hydrogen-bond donors (Lipinski definition) is 1. The maximum absolute atomic E-state index is 12.3. The molecule has 1 aliphatic carbocycles. The molecule has 1 aromatic rings. The molecule has 0 atom stereocenters. The van der Waals surface area contributed by atoms with Gasteiger partial charge in [0.2, 0.25) is 0 Å². The molecule has 0 amide bonds. The second-order valence-corrected chi connectivity index (χ2v) is 9.10. The summed E-state index contributed by atoms with van der Waals surface area (Å²) >= 11 is 5.85. The molecule has 1 saturated carbocycles. The van der Waals surface area contributed by atoms with Crippen molar-refractivity contribution in [2.75, 3.05) is 6.26 Å². The summed E-state index contributed by atoms with van der Waals surface area (Å²) in [4.78, 5) is 9.97. The van der Waals surface area contributed by atoms with Crippen molar-refractivity contribution in [1.82, 2.24) is 0 Å². The molecule has 0 saturated heterocycles. The van der Waals surface area contributed by atoms with Crippen LogP contribution >= 0.6 is 11.6 Å². The molecule has 0 aromatic heterocycles. The zero-order valence-electron chi connectivity index (χ0n) is 10.3. The summed E-state index contributed by atoms with van der Waals surface area (Å²) in [6.07, 6.45) is 1.68. The van der Waals surface area contributed by atoms with Crippen LogP contribution in [0.4, 0.5) is 0 Å². The highest BCUT2D eigenvalue weighted by molar-refractivity contribution is 7.94. The molecule has 0 aliphatic heterocycles. The third-order valence-electron chi connectivity index (χ3n) is 2.94. The van der Waals surface area contributed by atoms with E-state index in [9.17, 15) is 21.6 Å². The van der Waals surface area contributed by atoms with E-state index >= 15 is 0 Å². The Balaban J connectivity index is 2.87. The quantitative estimate of drug-likeness (QED) is 0.889. The normalized spacial score (nSPS) is 16.1. The number of aromatic carboxylic acids is 1. The Morgan fingerprint density at radius 1 is 1.25 bits per heavy atom. The van der Waals surface area contributed by atoms with E-state index in [4.69, 9.17) is 16.7 Å². The fourth-order valence-electron chi connectivity index (χ4n) is 1.81. The molecule has 1 aliphatic rings. The van der Waals surface area contributed by atoms with Gasteiger partial charge in [-0.2, -0.15) is 0 Å². The van der Waals surface area contributed by atoms with Crippen LogP contribution in [0, 0.1) is 0 Å². The van der Waals surface area contributed by atoms with Crippen LogP contribution in [0.1, 0.15) is 23.2 Å². The zero-order valence-corrected chi connectivity index (χ0v) is 12.7. The largest absolute Gasteiger partial charge is 0.478 e. The Labute approximate surface area is 121 Å². The van der Waals surface area contributed by atoms with Gasteiger partial charge in [-0.25, -0.2) is 21.6 Å². The molecule has 0 spiro atoms. The highest BCUT2D eigenvalue weighted by atomic mass is 35.5. The molecule has 1 aromatic carbocycles. The number of carboxylic acid groups (broad SMARTS) is 1. The summed E-state index contributed by atoms with van der Waals surface area (Å²) in [5.74, 6) is -1.41. The van der Waals surface area contributed by atoms with Crippen molar-refractivity contribution in [3.8, 4) is 0 Å². The van der Waals surface area contributed by atoms with Crippen LogP contribution in [-0.4, -0.2) is 39.4 Å². The Morgan fingerprint density at radius 2 is 1.80 bits per heavy atom. The van der Waals surface area contributed by atoms with Gasteiger partial charge < -0.3 is 5.11 Å². The molecule has 20 heavy (non-hydrogen) atoms. The molecule has 1 fully saturated rings. The van der Waals surface area contributed by atoms with Gasteiger partial charge in [0.25, 0.3) is 0 Å². The monoisotopic (exact) mass is 338 g/mol. The Bertz CT molecular complexity index is 790. The summed E-state index contributed by atoms with van der Waals surface area (Å²) in [5.41, 5.74) is -0.432. The number of sulfone groups is 2. The lowest BCUT2D eigenvalue weighted by molar-refractivity contribution is 0.0696. The highest BCUT2D eigenvalue weighted by Crippen LogP contribution is 2.40. The van der Waals surface area contributed by atoms with Crippen LogP contribution in [0.15, 0.2) is 21.9 Å². The summed E-state index contributed by atoms with van der Waals surface area (Å²) in [6.45, 7) is 0. The molecule has 2 rings (SSSR count). The van der Waals surface area contributed by atoms with E-state index in [1.807, 2.05) is 0 Å². The average molecular weight is 339 g/mol. The van der Waals surface area contributed by atoms with Gasteiger partial charge in [-0.3, -0.25) is 0 Å². The average Bonchev–Trinajstić information content (AvgIpc) is 3.09. The van der Waals surface area contributed by atoms with Crippen molar-refractivity contribution in [2.24, 2.45) is 0 Å². The minimum absolute atomic E-state index is 0.416. The molecule has 0 bridgehead atoms. The van der Waals surface area contributed by atoms with E-state index < -0.39 is 51.3 Å².